The molecular weight excluding hydrogens is 388 g/mol. The number of para-hydroxylation sites is 1. The molecule has 0 aliphatic carbocycles. The standard InChI is InChI=1S/C21H22N4O3S/c1-3-15-6-4-5-7-16(15)23-19(26)12-22-20(27)13-25-21(28)11-9-17(24-25)18-10-8-14(2)29-18/h4-11H,3,12-13H2,1-2H3,(H,22,27)(H,23,26). The van der Waals surface area contributed by atoms with Gasteiger partial charge in [-0.2, -0.15) is 5.10 Å². The molecule has 2 heterocycles. The van der Waals surface area contributed by atoms with E-state index in [1.54, 1.807) is 17.4 Å². The van der Waals surface area contributed by atoms with Crippen LogP contribution in [0.5, 0.6) is 0 Å². The molecule has 0 bridgehead atoms. The average Bonchev–Trinajstić information content (AvgIpc) is 3.15. The Balaban J connectivity index is 1.59. The van der Waals surface area contributed by atoms with Gasteiger partial charge in [-0.25, -0.2) is 4.68 Å². The van der Waals surface area contributed by atoms with E-state index in [0.29, 0.717) is 5.69 Å². The Kier molecular flexibility index (Phi) is 6.56. The average molecular weight is 410 g/mol. The summed E-state index contributed by atoms with van der Waals surface area (Å²) in [4.78, 5) is 38.4. The summed E-state index contributed by atoms with van der Waals surface area (Å²) in [6.45, 7) is 3.55. The van der Waals surface area contributed by atoms with Crippen molar-refractivity contribution in [1.82, 2.24) is 15.1 Å². The number of aryl methyl sites for hydroxylation is 2. The lowest BCUT2D eigenvalue weighted by atomic mass is 10.1. The first kappa shape index (κ1) is 20.5. The molecule has 8 heteroatoms. The minimum atomic E-state index is -0.460. The normalized spacial score (nSPS) is 10.6. The van der Waals surface area contributed by atoms with Crippen LogP contribution >= 0.6 is 11.3 Å². The Bertz CT molecular complexity index is 1090. The van der Waals surface area contributed by atoms with Gasteiger partial charge in [-0.05, 0) is 43.2 Å². The summed E-state index contributed by atoms with van der Waals surface area (Å²) < 4.78 is 1.10. The van der Waals surface area contributed by atoms with Gasteiger partial charge in [0, 0.05) is 16.6 Å². The number of thiophene rings is 1. The Morgan fingerprint density at radius 3 is 2.59 bits per heavy atom. The van der Waals surface area contributed by atoms with Gasteiger partial charge < -0.3 is 10.6 Å². The van der Waals surface area contributed by atoms with E-state index in [0.717, 1.165) is 32.1 Å². The number of nitrogens with one attached hydrogen (secondary N) is 2. The maximum absolute atomic E-state index is 12.2. The number of hydrogen-bond donors (Lipinski definition) is 2. The molecule has 0 aliphatic rings. The lowest BCUT2D eigenvalue weighted by Gasteiger charge is -2.11. The topological polar surface area (TPSA) is 93.1 Å². The highest BCUT2D eigenvalue weighted by Crippen LogP contribution is 2.24. The second kappa shape index (κ2) is 9.29. The van der Waals surface area contributed by atoms with Crippen molar-refractivity contribution in [2.75, 3.05) is 11.9 Å². The van der Waals surface area contributed by atoms with Gasteiger partial charge >= 0.3 is 0 Å². The van der Waals surface area contributed by atoms with Crippen LogP contribution in [0.15, 0.2) is 53.3 Å². The van der Waals surface area contributed by atoms with Gasteiger partial charge in [0.15, 0.2) is 0 Å². The van der Waals surface area contributed by atoms with Gasteiger partial charge in [0.1, 0.15) is 12.2 Å². The van der Waals surface area contributed by atoms with E-state index in [2.05, 4.69) is 15.7 Å². The van der Waals surface area contributed by atoms with Crippen LogP contribution < -0.4 is 16.2 Å². The van der Waals surface area contributed by atoms with E-state index in [9.17, 15) is 14.4 Å². The molecule has 0 aliphatic heterocycles. The van der Waals surface area contributed by atoms with E-state index < -0.39 is 5.91 Å². The van der Waals surface area contributed by atoms with E-state index in [4.69, 9.17) is 0 Å². The second-order valence-electron chi connectivity index (χ2n) is 6.46. The Labute approximate surface area is 172 Å². The molecule has 2 amide bonds. The fourth-order valence-corrected chi connectivity index (χ4v) is 3.61. The van der Waals surface area contributed by atoms with Crippen LogP contribution in [0.2, 0.25) is 0 Å². The van der Waals surface area contributed by atoms with Crippen molar-refractivity contribution >= 4 is 28.8 Å². The molecule has 0 saturated carbocycles. The third kappa shape index (κ3) is 5.39. The molecule has 3 rings (SSSR count). The first-order valence-electron chi connectivity index (χ1n) is 9.25. The molecule has 7 nitrogen and oxygen atoms in total. The third-order valence-corrected chi connectivity index (χ3v) is 5.29. The van der Waals surface area contributed by atoms with Gasteiger partial charge in [-0.15, -0.1) is 11.3 Å². The molecular formula is C21H22N4O3S. The number of aromatic nitrogens is 2. The predicted molar refractivity (Wildman–Crippen MR) is 114 cm³/mol. The summed E-state index contributed by atoms with van der Waals surface area (Å²) >= 11 is 1.56. The molecule has 2 N–H and O–H groups in total. The van der Waals surface area contributed by atoms with Gasteiger partial charge in [0.05, 0.1) is 11.4 Å². The largest absolute Gasteiger partial charge is 0.345 e. The fraction of sp³-hybridized carbons (Fsp3) is 0.238. The first-order valence-corrected chi connectivity index (χ1v) is 10.1. The van der Waals surface area contributed by atoms with Gasteiger partial charge in [0.25, 0.3) is 5.56 Å². The van der Waals surface area contributed by atoms with Crippen LogP contribution in [0.4, 0.5) is 5.69 Å². The number of carbonyl (C=O) groups excluding carboxylic acids is 2. The number of benzene rings is 1. The zero-order valence-electron chi connectivity index (χ0n) is 16.3. The quantitative estimate of drug-likeness (QED) is 0.626. The summed E-state index contributed by atoms with van der Waals surface area (Å²) in [6.07, 6.45) is 0.789. The summed E-state index contributed by atoms with van der Waals surface area (Å²) in [5.74, 6) is -0.791. The van der Waals surface area contributed by atoms with Crippen molar-refractivity contribution in [3.8, 4) is 10.6 Å². The van der Waals surface area contributed by atoms with E-state index >= 15 is 0 Å². The molecule has 29 heavy (non-hydrogen) atoms. The van der Waals surface area contributed by atoms with Crippen molar-refractivity contribution in [3.63, 3.8) is 0 Å². The maximum Gasteiger partial charge on any atom is 0.267 e. The van der Waals surface area contributed by atoms with E-state index in [1.165, 1.54) is 6.07 Å². The number of carbonyl (C=O) groups is 2. The lowest BCUT2D eigenvalue weighted by Crippen LogP contribution is -2.37. The molecule has 0 radical (unpaired) electrons. The van der Waals surface area contributed by atoms with Crippen molar-refractivity contribution in [2.45, 2.75) is 26.8 Å². The second-order valence-corrected chi connectivity index (χ2v) is 7.75. The molecule has 1 aromatic carbocycles. The van der Waals surface area contributed by atoms with Crippen LogP contribution in [0, 0.1) is 6.92 Å². The van der Waals surface area contributed by atoms with Crippen LogP contribution in [0.25, 0.3) is 10.6 Å². The number of amides is 2. The molecule has 3 aromatic rings. The lowest BCUT2D eigenvalue weighted by molar-refractivity contribution is -0.124. The minimum Gasteiger partial charge on any atom is -0.345 e. The zero-order valence-corrected chi connectivity index (χ0v) is 17.1. The smallest absolute Gasteiger partial charge is 0.267 e. The number of rotatable bonds is 7. The fourth-order valence-electron chi connectivity index (χ4n) is 2.78. The van der Waals surface area contributed by atoms with Gasteiger partial charge in [-0.3, -0.25) is 14.4 Å². The SMILES string of the molecule is CCc1ccccc1NC(=O)CNC(=O)Cn1nc(-c2ccc(C)s2)ccc1=O. The van der Waals surface area contributed by atoms with Crippen LogP contribution in [-0.2, 0) is 22.6 Å². The number of hydrogen-bond acceptors (Lipinski definition) is 5. The van der Waals surface area contributed by atoms with Crippen LogP contribution in [0.1, 0.15) is 17.4 Å². The molecule has 0 saturated heterocycles. The molecule has 0 spiro atoms. The Morgan fingerprint density at radius 1 is 1.07 bits per heavy atom. The monoisotopic (exact) mass is 410 g/mol. The first-order chi connectivity index (χ1) is 14.0. The zero-order chi connectivity index (χ0) is 20.8. The van der Waals surface area contributed by atoms with Crippen molar-refractivity contribution in [1.29, 1.82) is 0 Å². The summed E-state index contributed by atoms with van der Waals surface area (Å²) in [7, 11) is 0. The highest BCUT2D eigenvalue weighted by Gasteiger charge is 2.11. The molecule has 0 unspecified atom stereocenters. The number of nitrogens with zero attached hydrogens (tertiary/aromatic N) is 2. The summed E-state index contributed by atoms with van der Waals surface area (Å²) in [5.41, 5.74) is 2.00. The van der Waals surface area contributed by atoms with E-state index in [-0.39, 0.29) is 24.6 Å². The van der Waals surface area contributed by atoms with Gasteiger partial charge in [0.2, 0.25) is 11.8 Å². The number of anilines is 1. The summed E-state index contributed by atoms with van der Waals surface area (Å²) in [5, 5.41) is 9.59. The molecule has 150 valence electrons. The van der Waals surface area contributed by atoms with E-state index in [1.807, 2.05) is 50.2 Å². The highest BCUT2D eigenvalue weighted by molar-refractivity contribution is 7.15. The van der Waals surface area contributed by atoms with Crippen LogP contribution in [-0.4, -0.2) is 28.1 Å². The minimum absolute atomic E-state index is 0.185. The van der Waals surface area contributed by atoms with Crippen molar-refractivity contribution < 1.29 is 9.59 Å². The highest BCUT2D eigenvalue weighted by atomic mass is 32.1. The summed E-state index contributed by atoms with van der Waals surface area (Å²) in [6, 6.07) is 14.4. The molecule has 2 aromatic heterocycles. The van der Waals surface area contributed by atoms with Gasteiger partial charge in [-0.1, -0.05) is 25.1 Å². The molecule has 0 atom stereocenters. The molecule has 0 fully saturated rings. The van der Waals surface area contributed by atoms with Crippen molar-refractivity contribution in [3.05, 3.63) is 69.3 Å². The van der Waals surface area contributed by atoms with Crippen molar-refractivity contribution in [2.24, 2.45) is 0 Å². The predicted octanol–water partition coefficient (Wildman–Crippen LogP) is 2.60. The Hall–Kier alpha value is -3.26. The maximum atomic E-state index is 12.2. The Morgan fingerprint density at radius 2 is 1.86 bits per heavy atom. The van der Waals surface area contributed by atoms with Crippen LogP contribution in [0.3, 0.4) is 0 Å². The third-order valence-electron chi connectivity index (χ3n) is 4.27.